The minimum Gasteiger partial charge on any atom is -0.461 e. The number of fused-ring (bicyclic) bond motifs is 1. The van der Waals surface area contributed by atoms with Crippen LogP contribution in [0.4, 0.5) is 5.69 Å². The molecule has 1 N–H and O–H groups in total. The number of para-hydroxylation sites is 2. The Morgan fingerprint density at radius 2 is 1.71 bits per heavy atom. The van der Waals surface area contributed by atoms with Gasteiger partial charge in [-0.05, 0) is 24.3 Å². The molecule has 0 atom stereocenters. The van der Waals surface area contributed by atoms with E-state index >= 15 is 0 Å². The minimum atomic E-state index is 0.728. The second-order valence-corrected chi connectivity index (χ2v) is 4.21. The van der Waals surface area contributed by atoms with Crippen molar-refractivity contribution in [2.75, 3.05) is 5.32 Å². The van der Waals surface area contributed by atoms with Crippen molar-refractivity contribution in [3.05, 3.63) is 65.4 Å². The van der Waals surface area contributed by atoms with Crippen molar-refractivity contribution < 1.29 is 4.74 Å². The number of halogens is 1. The highest BCUT2D eigenvalue weighted by Crippen LogP contribution is 2.32. The lowest BCUT2D eigenvalue weighted by molar-refractivity contribution is 0.480. The third-order valence-electron chi connectivity index (χ3n) is 2.62. The van der Waals surface area contributed by atoms with Gasteiger partial charge in [-0.2, -0.15) is 0 Å². The van der Waals surface area contributed by atoms with Crippen molar-refractivity contribution >= 4 is 23.0 Å². The van der Waals surface area contributed by atoms with E-state index in [2.05, 4.69) is 5.32 Å². The van der Waals surface area contributed by atoms with Gasteiger partial charge in [-0.15, -0.1) is 0 Å². The third kappa shape index (κ3) is 1.99. The molecule has 2 aromatic carbocycles. The van der Waals surface area contributed by atoms with Crippen LogP contribution in [-0.2, 0) is 0 Å². The van der Waals surface area contributed by atoms with E-state index in [-0.39, 0.29) is 0 Å². The first-order chi connectivity index (χ1) is 8.33. The number of hydrogen-bond donors (Lipinski definition) is 1. The largest absolute Gasteiger partial charge is 0.461 e. The monoisotopic (exact) mass is 243 g/mol. The van der Waals surface area contributed by atoms with E-state index in [0.29, 0.717) is 0 Å². The number of hydrogen-bond acceptors (Lipinski definition) is 2. The van der Waals surface area contributed by atoms with E-state index < -0.39 is 0 Å². The van der Waals surface area contributed by atoms with Gasteiger partial charge >= 0.3 is 0 Å². The molecule has 0 saturated heterocycles. The van der Waals surface area contributed by atoms with Crippen LogP contribution in [0.1, 0.15) is 5.56 Å². The molecular formula is C14H10ClNO. The molecular weight excluding hydrogens is 234 g/mol. The van der Waals surface area contributed by atoms with Gasteiger partial charge in [0.15, 0.2) is 0 Å². The fourth-order valence-corrected chi connectivity index (χ4v) is 1.87. The fraction of sp³-hybridized carbons (Fsp3) is 0. The number of ether oxygens (including phenoxy) is 1. The minimum absolute atomic E-state index is 0.728. The van der Waals surface area contributed by atoms with Crippen molar-refractivity contribution in [1.82, 2.24) is 0 Å². The van der Waals surface area contributed by atoms with Gasteiger partial charge in [0.1, 0.15) is 12.0 Å². The maximum atomic E-state index is 5.86. The van der Waals surface area contributed by atoms with Crippen molar-refractivity contribution in [2.45, 2.75) is 0 Å². The zero-order valence-electron chi connectivity index (χ0n) is 8.98. The molecule has 0 spiro atoms. The zero-order valence-corrected chi connectivity index (χ0v) is 9.74. The Bertz CT molecular complexity index is 575. The van der Waals surface area contributed by atoms with Crippen molar-refractivity contribution in [3.8, 4) is 5.75 Å². The molecule has 1 aliphatic heterocycles. The van der Waals surface area contributed by atoms with Gasteiger partial charge in [-0.1, -0.05) is 35.9 Å². The van der Waals surface area contributed by atoms with Crippen molar-refractivity contribution in [3.63, 3.8) is 0 Å². The topological polar surface area (TPSA) is 21.3 Å². The first-order valence-electron chi connectivity index (χ1n) is 5.32. The Morgan fingerprint density at radius 3 is 2.53 bits per heavy atom. The second-order valence-electron chi connectivity index (χ2n) is 3.78. The summed E-state index contributed by atoms with van der Waals surface area (Å²) in [7, 11) is 0. The summed E-state index contributed by atoms with van der Waals surface area (Å²) < 4.78 is 5.56. The van der Waals surface area contributed by atoms with Crippen LogP contribution in [0.3, 0.4) is 0 Å². The standard InChI is InChI=1S/C14H10ClNO/c15-11-7-5-10(6-8-11)13-9-17-14-4-2-1-3-12(14)16-13/h1-9,16H. The van der Waals surface area contributed by atoms with Crippen LogP contribution < -0.4 is 10.1 Å². The van der Waals surface area contributed by atoms with E-state index in [0.717, 1.165) is 27.7 Å². The Labute approximate surface area is 104 Å². The SMILES string of the molecule is Clc1ccc(C2=COc3ccccc3N2)cc1. The molecule has 0 saturated carbocycles. The molecule has 0 aliphatic carbocycles. The van der Waals surface area contributed by atoms with Gasteiger partial charge < -0.3 is 10.1 Å². The number of rotatable bonds is 1. The molecule has 3 heteroatoms. The van der Waals surface area contributed by atoms with E-state index in [1.807, 2.05) is 48.5 Å². The first-order valence-corrected chi connectivity index (χ1v) is 5.69. The van der Waals surface area contributed by atoms with Crippen LogP contribution in [0.2, 0.25) is 5.02 Å². The maximum Gasteiger partial charge on any atom is 0.150 e. The average Bonchev–Trinajstić information content (AvgIpc) is 2.39. The average molecular weight is 244 g/mol. The van der Waals surface area contributed by atoms with E-state index in [4.69, 9.17) is 16.3 Å². The molecule has 0 aromatic heterocycles. The predicted molar refractivity (Wildman–Crippen MR) is 70.1 cm³/mol. The summed E-state index contributed by atoms with van der Waals surface area (Å²) in [4.78, 5) is 0. The van der Waals surface area contributed by atoms with Crippen LogP contribution in [0, 0.1) is 0 Å². The third-order valence-corrected chi connectivity index (χ3v) is 2.87. The van der Waals surface area contributed by atoms with E-state index in [1.54, 1.807) is 6.26 Å². The highest BCUT2D eigenvalue weighted by molar-refractivity contribution is 6.30. The predicted octanol–water partition coefficient (Wildman–Crippen LogP) is 4.14. The molecule has 2 aromatic rings. The molecule has 1 heterocycles. The van der Waals surface area contributed by atoms with E-state index in [9.17, 15) is 0 Å². The summed E-state index contributed by atoms with van der Waals surface area (Å²) in [6, 6.07) is 15.5. The number of anilines is 1. The lowest BCUT2D eigenvalue weighted by Crippen LogP contribution is -2.06. The van der Waals surface area contributed by atoms with Gasteiger partial charge in [0.05, 0.1) is 11.4 Å². The van der Waals surface area contributed by atoms with Gasteiger partial charge in [0, 0.05) is 10.6 Å². The fourth-order valence-electron chi connectivity index (χ4n) is 1.74. The summed E-state index contributed by atoms with van der Waals surface area (Å²) in [5, 5.41) is 4.05. The molecule has 84 valence electrons. The van der Waals surface area contributed by atoms with Crippen LogP contribution >= 0.6 is 11.6 Å². The lowest BCUT2D eigenvalue weighted by atomic mass is 10.1. The first kappa shape index (κ1) is 10.2. The van der Waals surface area contributed by atoms with Crippen LogP contribution in [0.5, 0.6) is 5.75 Å². The maximum absolute atomic E-state index is 5.86. The molecule has 0 bridgehead atoms. The summed E-state index contributed by atoms with van der Waals surface area (Å²) in [6.45, 7) is 0. The molecule has 0 fully saturated rings. The Balaban J connectivity index is 1.93. The van der Waals surface area contributed by atoms with Gasteiger partial charge in [0.25, 0.3) is 0 Å². The molecule has 0 unspecified atom stereocenters. The van der Waals surface area contributed by atoms with Gasteiger partial charge in [-0.25, -0.2) is 0 Å². The smallest absolute Gasteiger partial charge is 0.150 e. The summed E-state index contributed by atoms with van der Waals surface area (Å²) in [6.07, 6.45) is 1.71. The van der Waals surface area contributed by atoms with E-state index in [1.165, 1.54) is 0 Å². The number of benzene rings is 2. The molecule has 17 heavy (non-hydrogen) atoms. The second kappa shape index (κ2) is 4.15. The summed E-state index contributed by atoms with van der Waals surface area (Å²) in [5.74, 6) is 0.838. The van der Waals surface area contributed by atoms with Crippen molar-refractivity contribution in [2.24, 2.45) is 0 Å². The summed E-state index contributed by atoms with van der Waals surface area (Å²) >= 11 is 5.86. The van der Waals surface area contributed by atoms with Gasteiger partial charge in [0.2, 0.25) is 0 Å². The molecule has 0 radical (unpaired) electrons. The van der Waals surface area contributed by atoms with Crippen LogP contribution in [-0.4, -0.2) is 0 Å². The lowest BCUT2D eigenvalue weighted by Gasteiger charge is -2.19. The highest BCUT2D eigenvalue weighted by Gasteiger charge is 2.11. The summed E-state index contributed by atoms with van der Waals surface area (Å²) in [5.41, 5.74) is 2.95. The normalized spacial score (nSPS) is 13.1. The van der Waals surface area contributed by atoms with Crippen LogP contribution in [0.15, 0.2) is 54.8 Å². The quantitative estimate of drug-likeness (QED) is 0.813. The molecule has 2 nitrogen and oxygen atoms in total. The van der Waals surface area contributed by atoms with Gasteiger partial charge in [-0.3, -0.25) is 0 Å². The van der Waals surface area contributed by atoms with Crippen molar-refractivity contribution in [1.29, 1.82) is 0 Å². The molecule has 3 rings (SSSR count). The molecule has 1 aliphatic rings. The Hall–Kier alpha value is -1.93. The molecule has 0 amide bonds. The number of nitrogens with one attached hydrogen (secondary N) is 1. The Morgan fingerprint density at radius 1 is 0.941 bits per heavy atom. The highest BCUT2D eigenvalue weighted by atomic mass is 35.5. The van der Waals surface area contributed by atoms with Crippen LogP contribution in [0.25, 0.3) is 5.70 Å². The Kier molecular flexibility index (Phi) is 2.50. The zero-order chi connectivity index (χ0) is 11.7.